The second kappa shape index (κ2) is 4.70. The monoisotopic (exact) mass is 209 g/mol. The molecule has 3 nitrogen and oxygen atoms in total. The maximum absolute atomic E-state index is 5.89. The number of nitrogens with one attached hydrogen (secondary N) is 1. The van der Waals surface area contributed by atoms with Gasteiger partial charge in [-0.05, 0) is 18.4 Å². The van der Waals surface area contributed by atoms with Crippen LogP contribution in [0.5, 0.6) is 0 Å². The smallest absolute Gasteiger partial charge is 0.139 e. The number of hydrogen-bond donors (Lipinski definition) is 2. The van der Waals surface area contributed by atoms with Gasteiger partial charge in [0.2, 0.25) is 0 Å². The van der Waals surface area contributed by atoms with Gasteiger partial charge in [-0.15, -0.1) is 0 Å². The summed E-state index contributed by atoms with van der Waals surface area (Å²) in [6.07, 6.45) is 7.49. The molecule has 2 radical (unpaired) electrons. The van der Waals surface area contributed by atoms with E-state index < -0.39 is 0 Å². The Hall–Kier alpha value is -1.97. The van der Waals surface area contributed by atoms with Crippen LogP contribution in [0, 0.1) is 0 Å². The van der Waals surface area contributed by atoms with Gasteiger partial charge in [-0.1, -0.05) is 35.8 Å². The molecule has 1 aliphatic rings. The van der Waals surface area contributed by atoms with Crippen molar-refractivity contribution >= 4 is 19.1 Å². The van der Waals surface area contributed by atoms with Gasteiger partial charge in [0.15, 0.2) is 0 Å². The first-order valence-corrected chi connectivity index (χ1v) is 5.04. The fraction of sp³-hybridized carbons (Fsp3) is 0.0833. The average Bonchev–Trinajstić information content (AvgIpc) is 2.30. The van der Waals surface area contributed by atoms with Crippen LogP contribution in [0.1, 0.15) is 5.56 Å². The van der Waals surface area contributed by atoms with Crippen molar-refractivity contribution in [3.05, 3.63) is 54.3 Å². The Balaban J connectivity index is 2.18. The van der Waals surface area contributed by atoms with Crippen molar-refractivity contribution in [2.24, 2.45) is 10.7 Å². The van der Waals surface area contributed by atoms with Crippen LogP contribution in [-0.2, 0) is 0 Å². The quantitative estimate of drug-likeness (QED) is 0.415. The van der Waals surface area contributed by atoms with Gasteiger partial charge in [0.25, 0.3) is 0 Å². The molecule has 0 saturated carbocycles. The molecule has 1 aliphatic heterocycles. The molecule has 4 heteroatoms. The number of benzene rings is 1. The highest BCUT2D eigenvalue weighted by Gasteiger charge is 2.04. The molecule has 0 fully saturated rings. The van der Waals surface area contributed by atoms with Crippen molar-refractivity contribution in [3.8, 4) is 0 Å². The molecule has 0 aromatic heterocycles. The molecule has 1 atom stereocenters. The zero-order valence-corrected chi connectivity index (χ0v) is 8.80. The highest BCUT2D eigenvalue weighted by Crippen LogP contribution is 2.00. The fourth-order valence-electron chi connectivity index (χ4n) is 1.44. The van der Waals surface area contributed by atoms with Crippen LogP contribution < -0.4 is 16.5 Å². The lowest BCUT2D eigenvalue weighted by molar-refractivity contribution is 0.729. The second-order valence-electron chi connectivity index (χ2n) is 3.50. The van der Waals surface area contributed by atoms with Gasteiger partial charge in [-0.3, -0.25) is 0 Å². The SMILES string of the molecule is [B]c1cccc(C(N)=NC2C=CC=CN2)c1. The molecular formula is C12H12BN3. The Kier molecular flexibility index (Phi) is 3.10. The number of hydrogen-bond acceptors (Lipinski definition) is 2. The van der Waals surface area contributed by atoms with E-state index in [1.54, 1.807) is 6.07 Å². The maximum atomic E-state index is 5.89. The summed E-state index contributed by atoms with van der Waals surface area (Å²) in [6, 6.07) is 7.37. The van der Waals surface area contributed by atoms with E-state index in [4.69, 9.17) is 13.6 Å². The van der Waals surface area contributed by atoms with Gasteiger partial charge in [-0.25, -0.2) is 4.99 Å². The van der Waals surface area contributed by atoms with Gasteiger partial charge in [0.1, 0.15) is 19.8 Å². The number of rotatable bonds is 2. The lowest BCUT2D eigenvalue weighted by Gasteiger charge is -2.12. The predicted octanol–water partition coefficient (Wildman–Crippen LogP) is 0.185. The fourth-order valence-corrected chi connectivity index (χ4v) is 1.44. The van der Waals surface area contributed by atoms with Gasteiger partial charge < -0.3 is 11.1 Å². The van der Waals surface area contributed by atoms with Crippen molar-refractivity contribution in [3.63, 3.8) is 0 Å². The van der Waals surface area contributed by atoms with Gasteiger partial charge in [0.05, 0.1) is 0 Å². The average molecular weight is 209 g/mol. The minimum Gasteiger partial charge on any atom is -0.383 e. The lowest BCUT2D eigenvalue weighted by atomic mass is 9.94. The molecule has 3 N–H and O–H groups in total. The normalized spacial score (nSPS) is 19.5. The molecular weight excluding hydrogens is 197 g/mol. The first-order valence-electron chi connectivity index (χ1n) is 5.04. The van der Waals surface area contributed by atoms with E-state index in [-0.39, 0.29) is 6.17 Å². The zero-order valence-electron chi connectivity index (χ0n) is 8.80. The van der Waals surface area contributed by atoms with E-state index >= 15 is 0 Å². The van der Waals surface area contributed by atoms with Crippen LogP contribution in [-0.4, -0.2) is 19.8 Å². The standard InChI is InChI=1S/C12H12BN3/c13-10-5-3-4-9(8-10)12(14)16-11-6-1-2-7-15-11/h1-8,11,15H,(H2,14,16). The first kappa shape index (κ1) is 10.5. The summed E-state index contributed by atoms with van der Waals surface area (Å²) in [5.74, 6) is 0.477. The van der Waals surface area contributed by atoms with Crippen LogP contribution in [0.2, 0.25) is 0 Å². The highest BCUT2D eigenvalue weighted by atomic mass is 15.1. The molecule has 2 rings (SSSR count). The number of aliphatic imine (C=N–C) groups is 1. The van der Waals surface area contributed by atoms with E-state index in [1.807, 2.05) is 42.6 Å². The van der Waals surface area contributed by atoms with Crippen LogP contribution in [0.25, 0.3) is 0 Å². The van der Waals surface area contributed by atoms with Crippen LogP contribution in [0.15, 0.2) is 53.7 Å². The molecule has 1 aromatic rings. The molecule has 1 unspecified atom stereocenters. The molecule has 0 spiro atoms. The number of nitrogens with two attached hydrogens (primary N) is 1. The summed E-state index contributed by atoms with van der Waals surface area (Å²) in [7, 11) is 5.68. The summed E-state index contributed by atoms with van der Waals surface area (Å²) in [6.45, 7) is 0. The van der Waals surface area contributed by atoms with E-state index in [2.05, 4.69) is 10.3 Å². The highest BCUT2D eigenvalue weighted by molar-refractivity contribution is 6.32. The van der Waals surface area contributed by atoms with Crippen LogP contribution >= 0.6 is 0 Å². The van der Waals surface area contributed by atoms with Crippen molar-refractivity contribution in [1.82, 2.24) is 5.32 Å². The van der Waals surface area contributed by atoms with Gasteiger partial charge >= 0.3 is 0 Å². The third-order valence-electron chi connectivity index (χ3n) is 2.23. The minimum absolute atomic E-state index is 0.105. The Bertz CT molecular complexity index is 463. The van der Waals surface area contributed by atoms with Gasteiger partial charge in [0, 0.05) is 5.56 Å². The summed E-state index contributed by atoms with van der Waals surface area (Å²) >= 11 is 0. The molecule has 1 aromatic carbocycles. The number of dihydropyridines is 1. The molecule has 78 valence electrons. The molecule has 0 amide bonds. The molecule has 1 heterocycles. The van der Waals surface area contributed by atoms with Crippen molar-refractivity contribution in [2.75, 3.05) is 0 Å². The van der Waals surface area contributed by atoms with Crippen molar-refractivity contribution < 1.29 is 0 Å². The largest absolute Gasteiger partial charge is 0.383 e. The summed E-state index contributed by atoms with van der Waals surface area (Å²) < 4.78 is 0. The van der Waals surface area contributed by atoms with Crippen LogP contribution in [0.3, 0.4) is 0 Å². The van der Waals surface area contributed by atoms with E-state index in [0.29, 0.717) is 11.3 Å². The topological polar surface area (TPSA) is 50.4 Å². The third kappa shape index (κ3) is 2.54. The Morgan fingerprint density at radius 1 is 1.38 bits per heavy atom. The van der Waals surface area contributed by atoms with Gasteiger partial charge in [-0.2, -0.15) is 0 Å². The van der Waals surface area contributed by atoms with E-state index in [0.717, 1.165) is 5.56 Å². The second-order valence-corrected chi connectivity index (χ2v) is 3.50. The maximum Gasteiger partial charge on any atom is 0.139 e. The molecule has 0 aliphatic carbocycles. The zero-order chi connectivity index (χ0) is 11.4. The summed E-state index contributed by atoms with van der Waals surface area (Å²) in [5, 5.41) is 3.07. The molecule has 0 bridgehead atoms. The number of nitrogens with zero attached hydrogens (tertiary/aromatic N) is 1. The van der Waals surface area contributed by atoms with Crippen molar-refractivity contribution in [2.45, 2.75) is 6.17 Å². The Morgan fingerprint density at radius 3 is 2.94 bits per heavy atom. The van der Waals surface area contributed by atoms with E-state index in [9.17, 15) is 0 Å². The Morgan fingerprint density at radius 2 is 2.25 bits per heavy atom. The number of allylic oxidation sites excluding steroid dienone is 2. The third-order valence-corrected chi connectivity index (χ3v) is 2.23. The van der Waals surface area contributed by atoms with Crippen LogP contribution in [0.4, 0.5) is 0 Å². The Labute approximate surface area is 96.2 Å². The molecule has 0 saturated heterocycles. The minimum atomic E-state index is -0.105. The molecule has 16 heavy (non-hydrogen) atoms. The summed E-state index contributed by atoms with van der Waals surface area (Å²) in [5.41, 5.74) is 7.41. The van der Waals surface area contributed by atoms with Crippen molar-refractivity contribution in [1.29, 1.82) is 0 Å². The lowest BCUT2D eigenvalue weighted by Crippen LogP contribution is -2.26. The summed E-state index contributed by atoms with van der Waals surface area (Å²) in [4.78, 5) is 4.34. The predicted molar refractivity (Wildman–Crippen MR) is 67.8 cm³/mol. The first-order chi connectivity index (χ1) is 7.75. The number of amidine groups is 1. The van der Waals surface area contributed by atoms with E-state index in [1.165, 1.54) is 0 Å².